The second kappa shape index (κ2) is 4.44. The van der Waals surface area contributed by atoms with Gasteiger partial charge >= 0.3 is 5.97 Å². The van der Waals surface area contributed by atoms with Gasteiger partial charge < -0.3 is 15.5 Å². The van der Waals surface area contributed by atoms with Gasteiger partial charge in [0, 0.05) is 11.5 Å². The Balaban J connectivity index is 2.14. The number of carbonyl (C=O) groups is 1. The summed E-state index contributed by atoms with van der Waals surface area (Å²) in [6.07, 6.45) is 0.358. The maximum absolute atomic E-state index is 10.8. The molecule has 2 unspecified atom stereocenters. The summed E-state index contributed by atoms with van der Waals surface area (Å²) in [5.74, 6) is -0.997. The molecule has 1 fully saturated rings. The fraction of sp³-hybridized carbons (Fsp3) is 0.462. The molecule has 0 bridgehead atoms. The first-order chi connectivity index (χ1) is 8.32. The molecule has 1 aromatic rings. The van der Waals surface area contributed by atoms with Crippen LogP contribution in [0, 0.1) is 5.41 Å². The highest BCUT2D eigenvalue weighted by molar-refractivity contribution is 6.33. The van der Waals surface area contributed by atoms with Gasteiger partial charge in [-0.15, -0.1) is 0 Å². The number of anilines is 1. The number of aliphatic hydroxyl groups excluding tert-OH is 1. The van der Waals surface area contributed by atoms with Gasteiger partial charge in [0.15, 0.2) is 0 Å². The van der Waals surface area contributed by atoms with Crippen LogP contribution < -0.4 is 5.32 Å². The Morgan fingerprint density at radius 2 is 2.17 bits per heavy atom. The zero-order chi connectivity index (χ0) is 13.5. The Morgan fingerprint density at radius 1 is 1.50 bits per heavy atom. The van der Waals surface area contributed by atoms with Gasteiger partial charge in [0.2, 0.25) is 0 Å². The molecule has 18 heavy (non-hydrogen) atoms. The van der Waals surface area contributed by atoms with Crippen molar-refractivity contribution in [2.45, 2.75) is 32.4 Å². The van der Waals surface area contributed by atoms with Gasteiger partial charge in [-0.3, -0.25) is 0 Å². The van der Waals surface area contributed by atoms with E-state index in [1.165, 1.54) is 12.1 Å². The number of hydrogen-bond donors (Lipinski definition) is 3. The summed E-state index contributed by atoms with van der Waals surface area (Å²) < 4.78 is 0. The smallest absolute Gasteiger partial charge is 0.335 e. The van der Waals surface area contributed by atoms with Gasteiger partial charge in [0.25, 0.3) is 0 Å². The van der Waals surface area contributed by atoms with Crippen molar-refractivity contribution in [1.29, 1.82) is 0 Å². The molecule has 0 radical (unpaired) electrons. The number of carboxylic acids is 1. The third-order valence-corrected chi connectivity index (χ3v) is 4.07. The van der Waals surface area contributed by atoms with Gasteiger partial charge in [-0.05, 0) is 24.6 Å². The number of halogens is 1. The molecule has 3 N–H and O–H groups in total. The van der Waals surface area contributed by atoms with Gasteiger partial charge in [0.1, 0.15) is 0 Å². The van der Waals surface area contributed by atoms with Crippen LogP contribution in [-0.4, -0.2) is 28.3 Å². The van der Waals surface area contributed by atoms with E-state index >= 15 is 0 Å². The number of aromatic carboxylic acids is 1. The number of hydrogen-bond acceptors (Lipinski definition) is 3. The molecule has 2 rings (SSSR count). The lowest BCUT2D eigenvalue weighted by Gasteiger charge is -2.50. The number of rotatable bonds is 3. The Labute approximate surface area is 111 Å². The maximum Gasteiger partial charge on any atom is 0.335 e. The molecule has 0 aliphatic heterocycles. The first kappa shape index (κ1) is 13.2. The fourth-order valence-electron chi connectivity index (χ4n) is 2.10. The van der Waals surface area contributed by atoms with Crippen molar-refractivity contribution in [2.24, 2.45) is 5.41 Å². The summed E-state index contributed by atoms with van der Waals surface area (Å²) in [5, 5.41) is 22.1. The van der Waals surface area contributed by atoms with Crippen LogP contribution in [0.5, 0.6) is 0 Å². The molecule has 0 saturated heterocycles. The lowest BCUT2D eigenvalue weighted by atomic mass is 9.64. The van der Waals surface area contributed by atoms with Crippen LogP contribution in [0.2, 0.25) is 5.02 Å². The standard InChI is InChI=1S/C13H16ClNO3/c1-13(2)10(6-11(13)16)15-9-4-3-7(12(17)18)5-8(9)14/h3-5,10-11,15-16H,6H2,1-2H3,(H,17,18). The van der Waals surface area contributed by atoms with Gasteiger partial charge in [0.05, 0.1) is 22.4 Å². The van der Waals surface area contributed by atoms with Crippen LogP contribution in [0.15, 0.2) is 18.2 Å². The van der Waals surface area contributed by atoms with Gasteiger partial charge in [-0.1, -0.05) is 25.4 Å². The third-order valence-electron chi connectivity index (χ3n) is 3.76. The van der Waals surface area contributed by atoms with E-state index in [0.29, 0.717) is 17.1 Å². The molecular weight excluding hydrogens is 254 g/mol. The summed E-state index contributed by atoms with van der Waals surface area (Å²) >= 11 is 6.04. The molecule has 1 aromatic carbocycles. The van der Waals surface area contributed by atoms with E-state index in [9.17, 15) is 9.90 Å². The zero-order valence-electron chi connectivity index (χ0n) is 10.3. The zero-order valence-corrected chi connectivity index (χ0v) is 11.0. The molecule has 1 aliphatic carbocycles. The largest absolute Gasteiger partial charge is 0.478 e. The van der Waals surface area contributed by atoms with Crippen LogP contribution in [-0.2, 0) is 0 Å². The Hall–Kier alpha value is -1.26. The summed E-state index contributed by atoms with van der Waals surface area (Å²) in [6.45, 7) is 3.97. The minimum Gasteiger partial charge on any atom is -0.478 e. The maximum atomic E-state index is 10.8. The van der Waals surface area contributed by atoms with E-state index in [1.807, 2.05) is 13.8 Å². The quantitative estimate of drug-likeness (QED) is 0.789. The summed E-state index contributed by atoms with van der Waals surface area (Å²) in [5.41, 5.74) is 0.666. The van der Waals surface area contributed by atoms with Crippen LogP contribution >= 0.6 is 11.6 Å². The Kier molecular flexibility index (Phi) is 3.25. The molecule has 1 saturated carbocycles. The van der Waals surface area contributed by atoms with Crippen LogP contribution in [0.25, 0.3) is 0 Å². The van der Waals surface area contributed by atoms with Crippen molar-refractivity contribution in [3.8, 4) is 0 Å². The van der Waals surface area contributed by atoms with Gasteiger partial charge in [-0.25, -0.2) is 4.79 Å². The van der Waals surface area contributed by atoms with E-state index in [-0.39, 0.29) is 23.1 Å². The SMILES string of the molecule is CC1(C)C(O)CC1Nc1ccc(C(=O)O)cc1Cl. The highest BCUT2D eigenvalue weighted by atomic mass is 35.5. The molecule has 0 aromatic heterocycles. The van der Waals surface area contributed by atoms with Crippen LogP contribution in [0.1, 0.15) is 30.6 Å². The predicted molar refractivity (Wildman–Crippen MR) is 70.2 cm³/mol. The summed E-state index contributed by atoms with van der Waals surface area (Å²) in [7, 11) is 0. The molecule has 5 heteroatoms. The van der Waals surface area contributed by atoms with Crippen molar-refractivity contribution in [3.05, 3.63) is 28.8 Å². The van der Waals surface area contributed by atoms with Crippen LogP contribution in [0.4, 0.5) is 5.69 Å². The highest BCUT2D eigenvalue weighted by Crippen LogP contribution is 2.43. The second-order valence-corrected chi connectivity index (χ2v) is 5.68. The monoisotopic (exact) mass is 269 g/mol. The van der Waals surface area contributed by atoms with E-state index in [0.717, 1.165) is 0 Å². The molecule has 98 valence electrons. The lowest BCUT2D eigenvalue weighted by Crippen LogP contribution is -2.56. The first-order valence-electron chi connectivity index (χ1n) is 5.80. The average molecular weight is 270 g/mol. The van der Waals surface area contributed by atoms with Crippen molar-refractivity contribution in [2.75, 3.05) is 5.32 Å². The van der Waals surface area contributed by atoms with E-state index in [2.05, 4.69) is 5.32 Å². The Morgan fingerprint density at radius 3 is 2.61 bits per heavy atom. The average Bonchev–Trinajstić information content (AvgIpc) is 2.30. The van der Waals surface area contributed by atoms with Crippen molar-refractivity contribution < 1.29 is 15.0 Å². The first-order valence-corrected chi connectivity index (χ1v) is 6.17. The van der Waals surface area contributed by atoms with E-state index in [4.69, 9.17) is 16.7 Å². The van der Waals surface area contributed by atoms with Crippen molar-refractivity contribution in [3.63, 3.8) is 0 Å². The molecule has 0 heterocycles. The summed E-state index contributed by atoms with van der Waals surface area (Å²) in [4.78, 5) is 10.8. The topological polar surface area (TPSA) is 69.6 Å². The van der Waals surface area contributed by atoms with Crippen molar-refractivity contribution in [1.82, 2.24) is 0 Å². The number of benzene rings is 1. The lowest BCUT2D eigenvalue weighted by molar-refractivity contribution is -0.0510. The predicted octanol–water partition coefficient (Wildman–Crippen LogP) is 2.61. The second-order valence-electron chi connectivity index (χ2n) is 5.27. The number of aliphatic hydroxyl groups is 1. The van der Waals surface area contributed by atoms with Gasteiger partial charge in [-0.2, -0.15) is 0 Å². The normalized spacial score (nSPS) is 25.3. The molecule has 4 nitrogen and oxygen atoms in total. The van der Waals surface area contributed by atoms with Crippen molar-refractivity contribution >= 4 is 23.3 Å². The summed E-state index contributed by atoms with van der Waals surface area (Å²) in [6, 6.07) is 4.74. The molecular formula is C13H16ClNO3. The minimum absolute atomic E-state index is 0.140. The number of carboxylic acid groups (broad SMARTS) is 1. The van der Waals surface area contributed by atoms with E-state index in [1.54, 1.807) is 6.07 Å². The van der Waals surface area contributed by atoms with Crippen LogP contribution in [0.3, 0.4) is 0 Å². The molecule has 0 amide bonds. The Bertz CT molecular complexity index is 487. The minimum atomic E-state index is -0.997. The third kappa shape index (κ3) is 2.18. The highest BCUT2D eigenvalue weighted by Gasteiger charge is 2.47. The number of nitrogens with one attached hydrogen (secondary N) is 1. The fourth-order valence-corrected chi connectivity index (χ4v) is 2.34. The molecule has 1 aliphatic rings. The molecule has 2 atom stereocenters. The molecule has 0 spiro atoms. The van der Waals surface area contributed by atoms with E-state index < -0.39 is 5.97 Å².